The van der Waals surface area contributed by atoms with Crippen molar-refractivity contribution >= 4 is 46.8 Å². The van der Waals surface area contributed by atoms with Crippen molar-refractivity contribution in [3.63, 3.8) is 0 Å². The Kier molecular flexibility index (Phi) is 6.05. The van der Waals surface area contributed by atoms with Crippen LogP contribution in [0.5, 0.6) is 11.5 Å². The summed E-state index contributed by atoms with van der Waals surface area (Å²) in [7, 11) is 1.47. The fraction of sp³-hybridized carbons (Fsp3) is 0.158. The maximum Gasteiger partial charge on any atom is 0.363 e. The molecule has 0 fully saturated rings. The van der Waals surface area contributed by atoms with E-state index in [0.29, 0.717) is 28.7 Å². The highest BCUT2D eigenvalue weighted by atomic mass is 35.5. The van der Waals surface area contributed by atoms with Crippen LogP contribution < -0.4 is 9.47 Å². The van der Waals surface area contributed by atoms with E-state index >= 15 is 0 Å². The van der Waals surface area contributed by atoms with Gasteiger partial charge in [-0.2, -0.15) is 0 Å². The van der Waals surface area contributed by atoms with Crippen LogP contribution in [-0.2, 0) is 9.53 Å². The molecule has 0 aromatic heterocycles. The molecule has 1 aliphatic heterocycles. The molecule has 3 rings (SSSR count). The number of esters is 1. The van der Waals surface area contributed by atoms with Gasteiger partial charge in [0.1, 0.15) is 5.02 Å². The zero-order valence-electron chi connectivity index (χ0n) is 15.3. The molecule has 2 aromatic carbocycles. The van der Waals surface area contributed by atoms with Crippen LogP contribution in [0.3, 0.4) is 0 Å². The predicted molar refractivity (Wildman–Crippen MR) is 108 cm³/mol. The number of carbonyl (C=O) groups excluding carboxylic acids is 1. The Bertz CT molecular complexity index is 1060. The molecule has 0 radical (unpaired) electrons. The van der Waals surface area contributed by atoms with Crippen molar-refractivity contribution < 1.29 is 23.9 Å². The number of aliphatic imine (C=N–C) groups is 1. The molecule has 150 valence electrons. The highest BCUT2D eigenvalue weighted by molar-refractivity contribution is 6.33. The lowest BCUT2D eigenvalue weighted by molar-refractivity contribution is -0.384. The van der Waals surface area contributed by atoms with Gasteiger partial charge in [0.15, 0.2) is 17.2 Å². The average Bonchev–Trinajstić information content (AvgIpc) is 3.02. The van der Waals surface area contributed by atoms with Gasteiger partial charge in [0.05, 0.1) is 23.7 Å². The lowest BCUT2D eigenvalue weighted by Gasteiger charge is -2.11. The van der Waals surface area contributed by atoms with Crippen LogP contribution in [0.4, 0.5) is 5.69 Å². The van der Waals surface area contributed by atoms with E-state index in [2.05, 4.69) is 4.99 Å². The number of rotatable bonds is 6. The first-order valence-corrected chi connectivity index (χ1v) is 9.06. The van der Waals surface area contributed by atoms with Gasteiger partial charge in [-0.15, -0.1) is 0 Å². The predicted octanol–water partition coefficient (Wildman–Crippen LogP) is 4.65. The fourth-order valence-corrected chi connectivity index (χ4v) is 3.09. The molecule has 0 atom stereocenters. The summed E-state index contributed by atoms with van der Waals surface area (Å²) in [5.41, 5.74) is 0.476. The first-order valence-electron chi connectivity index (χ1n) is 8.31. The van der Waals surface area contributed by atoms with Gasteiger partial charge in [0.2, 0.25) is 5.90 Å². The number of benzene rings is 2. The van der Waals surface area contributed by atoms with Crippen LogP contribution in [0.15, 0.2) is 41.0 Å². The molecule has 1 aliphatic rings. The first kappa shape index (κ1) is 20.6. The Morgan fingerprint density at radius 2 is 2.00 bits per heavy atom. The summed E-state index contributed by atoms with van der Waals surface area (Å²) >= 11 is 12.0. The lowest BCUT2D eigenvalue weighted by Crippen LogP contribution is -2.06. The number of hydrogen-bond acceptors (Lipinski definition) is 7. The molecule has 0 unspecified atom stereocenters. The van der Waals surface area contributed by atoms with Gasteiger partial charge in [0, 0.05) is 11.6 Å². The van der Waals surface area contributed by atoms with E-state index in [4.69, 9.17) is 37.4 Å². The van der Waals surface area contributed by atoms with Gasteiger partial charge in [-0.25, -0.2) is 9.79 Å². The number of nitro benzene ring substituents is 1. The van der Waals surface area contributed by atoms with Crippen LogP contribution in [0.1, 0.15) is 18.1 Å². The molecule has 8 nitrogen and oxygen atoms in total. The molecule has 0 N–H and O–H groups in total. The molecule has 0 bridgehead atoms. The third-order valence-electron chi connectivity index (χ3n) is 3.85. The molecule has 0 amide bonds. The summed E-state index contributed by atoms with van der Waals surface area (Å²) < 4.78 is 15.9. The number of nitrogens with zero attached hydrogens (tertiary/aromatic N) is 2. The first-order chi connectivity index (χ1) is 13.8. The molecule has 2 aromatic rings. The van der Waals surface area contributed by atoms with Crippen molar-refractivity contribution in [2.24, 2.45) is 4.99 Å². The zero-order chi connectivity index (χ0) is 21.1. The van der Waals surface area contributed by atoms with E-state index in [9.17, 15) is 14.9 Å². The summed E-state index contributed by atoms with van der Waals surface area (Å²) in [6, 6.07) is 7.24. The summed E-state index contributed by atoms with van der Waals surface area (Å²) in [6.45, 7) is 2.21. The van der Waals surface area contributed by atoms with Crippen molar-refractivity contribution in [3.05, 3.63) is 67.3 Å². The Hall–Kier alpha value is -3.10. The molecular weight excluding hydrogens is 423 g/mol. The number of ether oxygens (including phenoxy) is 3. The van der Waals surface area contributed by atoms with E-state index < -0.39 is 10.9 Å². The van der Waals surface area contributed by atoms with Gasteiger partial charge in [-0.1, -0.05) is 23.2 Å². The highest BCUT2D eigenvalue weighted by Gasteiger charge is 2.26. The minimum absolute atomic E-state index is 0.00119. The summed E-state index contributed by atoms with van der Waals surface area (Å²) in [4.78, 5) is 26.8. The van der Waals surface area contributed by atoms with Crippen LogP contribution in [-0.4, -0.2) is 30.5 Å². The molecule has 29 heavy (non-hydrogen) atoms. The van der Waals surface area contributed by atoms with Gasteiger partial charge >= 0.3 is 5.97 Å². The largest absolute Gasteiger partial charge is 0.491 e. The Labute approximate surface area is 175 Å². The normalized spacial score (nSPS) is 14.6. The SMILES string of the molecule is CCOc1cc(/C=C2\N=C(c3ccc(Cl)c([N+](=O)[O-])c3)OC2=O)cc(Cl)c1OC. The Balaban J connectivity index is 1.99. The van der Waals surface area contributed by atoms with E-state index in [0.717, 1.165) is 0 Å². The maximum absolute atomic E-state index is 12.2. The summed E-state index contributed by atoms with van der Waals surface area (Å²) in [5, 5.41) is 11.3. The summed E-state index contributed by atoms with van der Waals surface area (Å²) in [6.07, 6.45) is 1.47. The van der Waals surface area contributed by atoms with Gasteiger partial charge in [-0.3, -0.25) is 10.1 Å². The number of halogens is 2. The van der Waals surface area contributed by atoms with Gasteiger partial charge in [-0.05, 0) is 42.8 Å². The van der Waals surface area contributed by atoms with E-state index in [1.54, 1.807) is 12.1 Å². The number of hydrogen-bond donors (Lipinski definition) is 0. The van der Waals surface area contributed by atoms with Gasteiger partial charge < -0.3 is 14.2 Å². The number of methoxy groups -OCH3 is 1. The minimum Gasteiger partial charge on any atom is -0.491 e. The van der Waals surface area contributed by atoms with E-state index in [1.165, 1.54) is 31.4 Å². The summed E-state index contributed by atoms with van der Waals surface area (Å²) in [5.74, 6) is 0.0220. The maximum atomic E-state index is 12.2. The van der Waals surface area contributed by atoms with Crippen molar-refractivity contribution in [1.82, 2.24) is 0 Å². The van der Waals surface area contributed by atoms with Crippen molar-refractivity contribution in [2.75, 3.05) is 13.7 Å². The standard InChI is InChI=1S/C19H14Cl2N2O6/c1-3-28-16-8-10(6-13(21)17(16)27-2)7-14-19(24)29-18(22-14)11-4-5-12(20)15(9-11)23(25)26/h4-9H,3H2,1-2H3/b14-7-. The Morgan fingerprint density at radius 1 is 1.24 bits per heavy atom. The Morgan fingerprint density at radius 3 is 2.66 bits per heavy atom. The van der Waals surface area contributed by atoms with Crippen LogP contribution in [0, 0.1) is 10.1 Å². The van der Waals surface area contributed by atoms with Crippen LogP contribution in [0.2, 0.25) is 10.0 Å². The van der Waals surface area contributed by atoms with Crippen LogP contribution in [0.25, 0.3) is 6.08 Å². The molecular formula is C19H14Cl2N2O6. The highest BCUT2D eigenvalue weighted by Crippen LogP contribution is 2.37. The van der Waals surface area contributed by atoms with E-state index in [-0.39, 0.29) is 27.9 Å². The molecule has 0 saturated heterocycles. The molecule has 1 heterocycles. The van der Waals surface area contributed by atoms with E-state index in [1.807, 2.05) is 6.92 Å². The smallest absolute Gasteiger partial charge is 0.363 e. The third kappa shape index (κ3) is 4.33. The lowest BCUT2D eigenvalue weighted by atomic mass is 10.1. The average molecular weight is 437 g/mol. The molecule has 0 aliphatic carbocycles. The fourth-order valence-electron chi connectivity index (χ4n) is 2.61. The monoisotopic (exact) mass is 436 g/mol. The number of carbonyl (C=O) groups is 1. The quantitative estimate of drug-likeness (QED) is 0.282. The van der Waals surface area contributed by atoms with Crippen LogP contribution >= 0.6 is 23.2 Å². The second-order valence-electron chi connectivity index (χ2n) is 5.73. The second kappa shape index (κ2) is 8.50. The second-order valence-corrected chi connectivity index (χ2v) is 6.54. The number of nitro groups is 1. The zero-order valence-corrected chi connectivity index (χ0v) is 16.8. The molecule has 10 heteroatoms. The van der Waals surface area contributed by atoms with Crippen molar-refractivity contribution in [2.45, 2.75) is 6.92 Å². The minimum atomic E-state index is -0.706. The topological polar surface area (TPSA) is 100 Å². The van der Waals surface area contributed by atoms with Crippen molar-refractivity contribution in [3.8, 4) is 11.5 Å². The number of cyclic esters (lactones) is 1. The third-order valence-corrected chi connectivity index (χ3v) is 4.45. The molecule has 0 saturated carbocycles. The molecule has 0 spiro atoms. The van der Waals surface area contributed by atoms with Gasteiger partial charge in [0.25, 0.3) is 5.69 Å². The van der Waals surface area contributed by atoms with Crippen molar-refractivity contribution in [1.29, 1.82) is 0 Å².